The summed E-state index contributed by atoms with van der Waals surface area (Å²) in [5.41, 5.74) is -1.64. The van der Waals surface area contributed by atoms with Gasteiger partial charge in [0.2, 0.25) is 0 Å². The lowest BCUT2D eigenvalue weighted by molar-refractivity contribution is 0.473. The first-order valence-corrected chi connectivity index (χ1v) is 2.17. The maximum absolute atomic E-state index is 9.38. The molecule has 0 aliphatic heterocycles. The number of hydrogen-bond acceptors (Lipinski definition) is 2. The molecule has 1 N–H and O–H groups in total. The number of aryl methyl sites for hydroxylation is 2. The summed E-state index contributed by atoms with van der Waals surface area (Å²) in [5, 5.41) is 9.38. The van der Waals surface area contributed by atoms with E-state index in [2.05, 4.69) is 4.98 Å². The summed E-state index contributed by atoms with van der Waals surface area (Å²) in [5.74, 6) is -0.989. The van der Waals surface area contributed by atoms with E-state index in [1.165, 1.54) is 0 Å². The largest absolute Gasteiger partial charge is 0.508 e. The number of aromatic hydroxyl groups is 1. The molecule has 0 aliphatic carbocycles. The minimum Gasteiger partial charge on any atom is -0.508 e. The van der Waals surface area contributed by atoms with Crippen LogP contribution in [0.25, 0.3) is 0 Å². The molecule has 1 heterocycles. The van der Waals surface area contributed by atoms with Gasteiger partial charge < -0.3 is 5.11 Å². The molecule has 0 saturated carbocycles. The van der Waals surface area contributed by atoms with Gasteiger partial charge in [0.1, 0.15) is 5.75 Å². The Labute approximate surface area is 65.4 Å². The van der Waals surface area contributed by atoms with Gasteiger partial charge in [-0.1, -0.05) is 0 Å². The molecule has 0 saturated heterocycles. The highest BCUT2D eigenvalue weighted by molar-refractivity contribution is 5.24. The van der Waals surface area contributed by atoms with Gasteiger partial charge in [0.15, 0.2) is 0 Å². The minimum absolute atomic E-state index is 0.822. The van der Waals surface area contributed by atoms with Gasteiger partial charge >= 0.3 is 0 Å². The predicted molar refractivity (Wildman–Crippen MR) is 35.4 cm³/mol. The maximum Gasteiger partial charge on any atom is 0.119 e. The van der Waals surface area contributed by atoms with Crippen molar-refractivity contribution in [1.82, 2.24) is 4.98 Å². The Hall–Kier alpha value is -1.05. The van der Waals surface area contributed by atoms with E-state index in [9.17, 15) is 5.11 Å². The number of rotatable bonds is 0. The predicted octanol–water partition coefficient (Wildman–Crippen LogP) is 1.40. The van der Waals surface area contributed by atoms with E-state index >= 15 is 0 Å². The van der Waals surface area contributed by atoms with Gasteiger partial charge in [-0.05, 0) is 13.7 Å². The highest BCUT2D eigenvalue weighted by Crippen LogP contribution is 2.09. The fourth-order valence-corrected chi connectivity index (χ4v) is 0.423. The van der Waals surface area contributed by atoms with Gasteiger partial charge in [-0.3, -0.25) is 4.98 Å². The topological polar surface area (TPSA) is 33.1 Å². The summed E-state index contributed by atoms with van der Waals surface area (Å²) in [6.45, 7) is -5.63. The van der Waals surface area contributed by atoms with Crippen LogP contribution in [0.2, 0.25) is 0 Å². The molecule has 1 aromatic rings. The molecular weight excluding hydrogens is 114 g/mol. The number of hydrogen-bond donors (Lipinski definition) is 1. The first-order valence-electron chi connectivity index (χ1n) is 6.17. The van der Waals surface area contributed by atoms with Crippen molar-refractivity contribution in [2.45, 2.75) is 13.7 Å². The SMILES string of the molecule is [2H]c1c(C([2H])([2H])[2H])nc(C([2H])([2H])[2H])c([2H])c1O. The van der Waals surface area contributed by atoms with Crippen molar-refractivity contribution in [2.75, 3.05) is 0 Å². The van der Waals surface area contributed by atoms with Crippen LogP contribution in [0.3, 0.4) is 0 Å². The highest BCUT2D eigenvalue weighted by Gasteiger charge is 1.91. The van der Waals surface area contributed by atoms with Crippen molar-refractivity contribution in [3.63, 3.8) is 0 Å². The average molecular weight is 131 g/mol. The van der Waals surface area contributed by atoms with Crippen molar-refractivity contribution in [3.8, 4) is 5.75 Å². The van der Waals surface area contributed by atoms with E-state index < -0.39 is 42.9 Å². The molecule has 1 rings (SSSR count). The molecule has 0 unspecified atom stereocenters. The van der Waals surface area contributed by atoms with Gasteiger partial charge in [-0.15, -0.1) is 0 Å². The molecule has 48 valence electrons. The lowest BCUT2D eigenvalue weighted by atomic mass is 10.3. The molecule has 2 nitrogen and oxygen atoms in total. The Bertz CT molecular complexity index is 410. The monoisotopic (exact) mass is 131 g/mol. The summed E-state index contributed by atoms with van der Waals surface area (Å²) >= 11 is 0. The van der Waals surface area contributed by atoms with E-state index in [0.717, 1.165) is 0 Å². The van der Waals surface area contributed by atoms with Crippen molar-refractivity contribution >= 4 is 0 Å². The number of pyridine rings is 1. The molecule has 1 aromatic heterocycles. The minimum atomic E-state index is -2.82. The van der Waals surface area contributed by atoms with Gasteiger partial charge in [0.25, 0.3) is 0 Å². The zero-order chi connectivity index (χ0) is 13.6. The molecule has 0 aromatic carbocycles. The highest BCUT2D eigenvalue weighted by atomic mass is 16.3. The Morgan fingerprint density at radius 2 is 2.11 bits per heavy atom. The fraction of sp³-hybridized carbons (Fsp3) is 0.286. The van der Waals surface area contributed by atoms with Crippen molar-refractivity contribution < 1.29 is 16.1 Å². The van der Waals surface area contributed by atoms with Crippen LogP contribution in [0.4, 0.5) is 0 Å². The van der Waals surface area contributed by atoms with Crippen molar-refractivity contribution in [2.24, 2.45) is 0 Å². The first-order chi connectivity index (χ1) is 7.46. The van der Waals surface area contributed by atoms with Crippen molar-refractivity contribution in [3.05, 3.63) is 23.5 Å². The summed E-state index contributed by atoms with van der Waals surface area (Å²) in [6.07, 6.45) is 0. The second kappa shape index (κ2) is 2.05. The second-order valence-electron chi connectivity index (χ2n) is 1.41. The Kier molecular flexibility index (Phi) is 0.344. The summed E-state index contributed by atoms with van der Waals surface area (Å²) in [4.78, 5) is 3.32. The molecular formula is C7H9NO. The zero-order valence-corrected chi connectivity index (χ0v) is 4.39. The normalized spacial score (nSPS) is 25.3. The standard InChI is InChI=1S/C7H9NO/c1-5-3-7(9)4-6(2)8-5/h3-4H,1-2H3,(H,8,9)/i1D3,2D3,3D,4D. The van der Waals surface area contributed by atoms with E-state index in [1.54, 1.807) is 0 Å². The van der Waals surface area contributed by atoms with Gasteiger partial charge in [0.05, 0.1) is 2.74 Å². The fourth-order valence-electron chi connectivity index (χ4n) is 0.423. The summed E-state index contributed by atoms with van der Waals surface area (Å²) < 4.78 is 57.1. The molecule has 0 spiro atoms. The molecule has 0 bridgehead atoms. The lowest BCUT2D eigenvalue weighted by Crippen LogP contribution is -1.82. The molecule has 0 atom stereocenters. The van der Waals surface area contributed by atoms with E-state index in [4.69, 9.17) is 11.0 Å². The van der Waals surface area contributed by atoms with Gasteiger partial charge in [-0.2, -0.15) is 0 Å². The van der Waals surface area contributed by atoms with E-state index in [0.29, 0.717) is 0 Å². The lowest BCUT2D eigenvalue weighted by Gasteiger charge is -1.95. The van der Waals surface area contributed by atoms with Crippen LogP contribution in [0.5, 0.6) is 5.75 Å². The molecule has 0 amide bonds. The van der Waals surface area contributed by atoms with Crippen LogP contribution in [0.15, 0.2) is 12.1 Å². The van der Waals surface area contributed by atoms with Crippen LogP contribution < -0.4 is 0 Å². The third kappa shape index (κ3) is 1.42. The van der Waals surface area contributed by atoms with E-state index in [-0.39, 0.29) is 0 Å². The third-order valence-corrected chi connectivity index (χ3v) is 0.697. The molecule has 0 radical (unpaired) electrons. The molecule has 2 heteroatoms. The van der Waals surface area contributed by atoms with Crippen LogP contribution in [0.1, 0.15) is 22.4 Å². The smallest absolute Gasteiger partial charge is 0.119 e. The van der Waals surface area contributed by atoms with Gasteiger partial charge in [-0.25, -0.2) is 0 Å². The first kappa shape index (κ1) is 1.51. The van der Waals surface area contributed by atoms with E-state index in [1.807, 2.05) is 0 Å². The third-order valence-electron chi connectivity index (χ3n) is 0.697. The van der Waals surface area contributed by atoms with Crippen LogP contribution in [0, 0.1) is 13.7 Å². The van der Waals surface area contributed by atoms with Crippen LogP contribution in [-0.4, -0.2) is 10.1 Å². The quantitative estimate of drug-likeness (QED) is 0.577. The van der Waals surface area contributed by atoms with Crippen molar-refractivity contribution in [1.29, 1.82) is 0 Å². The second-order valence-corrected chi connectivity index (χ2v) is 1.41. The number of nitrogens with zero attached hydrogens (tertiary/aromatic N) is 1. The zero-order valence-electron chi connectivity index (χ0n) is 12.4. The average Bonchev–Trinajstić information content (AvgIpc) is 2.10. The van der Waals surface area contributed by atoms with Gasteiger partial charge in [0, 0.05) is 31.7 Å². The van der Waals surface area contributed by atoms with Crippen LogP contribution >= 0.6 is 0 Å². The Balaban J connectivity index is 3.63. The Morgan fingerprint density at radius 3 is 2.56 bits per heavy atom. The molecule has 0 fully saturated rings. The summed E-state index contributed by atoms with van der Waals surface area (Å²) in [7, 11) is 0. The Morgan fingerprint density at radius 1 is 1.56 bits per heavy atom. The molecule has 0 aliphatic rings. The summed E-state index contributed by atoms with van der Waals surface area (Å²) in [6, 6.07) is -1.69. The molecule has 9 heavy (non-hydrogen) atoms. The van der Waals surface area contributed by atoms with Crippen LogP contribution in [-0.2, 0) is 0 Å². The maximum atomic E-state index is 9.38. The number of aromatic nitrogens is 1.